The number of hydrogen-bond acceptors (Lipinski definition) is 4. The Morgan fingerprint density at radius 1 is 1.16 bits per heavy atom. The van der Waals surface area contributed by atoms with Crippen LogP contribution in [0, 0.1) is 5.82 Å². The van der Waals surface area contributed by atoms with Crippen LogP contribution in [0.5, 0.6) is 0 Å². The van der Waals surface area contributed by atoms with Crippen LogP contribution >= 0.6 is 0 Å². The first-order valence-electron chi connectivity index (χ1n) is 10.7. The third kappa shape index (κ3) is 4.69. The molecule has 1 aliphatic rings. The van der Waals surface area contributed by atoms with Crippen LogP contribution in [0.4, 0.5) is 4.39 Å². The van der Waals surface area contributed by atoms with Crippen molar-refractivity contribution in [2.45, 2.75) is 57.8 Å². The predicted octanol–water partition coefficient (Wildman–Crippen LogP) is 4.94. The lowest BCUT2D eigenvalue weighted by atomic mass is 10.0. The number of esters is 1. The van der Waals surface area contributed by atoms with Gasteiger partial charge in [0.2, 0.25) is 0 Å². The molecule has 0 radical (unpaired) electrons. The Morgan fingerprint density at radius 3 is 2.52 bits per heavy atom. The fraction of sp³-hybridized carbons (Fsp3) is 0.360. The van der Waals surface area contributed by atoms with Gasteiger partial charge in [-0.05, 0) is 59.5 Å². The zero-order chi connectivity index (χ0) is 22.0. The normalized spacial score (nSPS) is 18.9. The lowest BCUT2D eigenvalue weighted by Crippen LogP contribution is -2.33. The average Bonchev–Trinajstić information content (AvgIpc) is 3.12. The van der Waals surface area contributed by atoms with E-state index in [1.54, 1.807) is 24.5 Å². The molecular formula is C25H27FN2O3. The zero-order valence-electron chi connectivity index (χ0n) is 17.8. The minimum Gasteiger partial charge on any atom is -0.462 e. The highest BCUT2D eigenvalue weighted by atomic mass is 19.1. The number of aliphatic hydroxyl groups is 1. The van der Waals surface area contributed by atoms with Gasteiger partial charge in [-0.2, -0.15) is 0 Å². The SMILES string of the molecule is CC(C)c1cc(-c2ccncc2)c(-c2ccc(F)cc2)n1CC[C@@H]1C[C@@H](O)CC(=O)O1. The molecule has 6 heteroatoms. The van der Waals surface area contributed by atoms with E-state index in [0.29, 0.717) is 19.4 Å². The van der Waals surface area contributed by atoms with Crippen LogP contribution in [0.3, 0.4) is 0 Å². The molecule has 0 saturated carbocycles. The topological polar surface area (TPSA) is 64.3 Å². The second kappa shape index (κ2) is 9.02. The molecule has 0 unspecified atom stereocenters. The van der Waals surface area contributed by atoms with Crippen molar-refractivity contribution in [1.29, 1.82) is 0 Å². The maximum atomic E-state index is 13.6. The molecule has 31 heavy (non-hydrogen) atoms. The quantitative estimate of drug-likeness (QED) is 0.572. The van der Waals surface area contributed by atoms with Gasteiger partial charge in [-0.1, -0.05) is 13.8 Å². The molecule has 1 N–H and O–H groups in total. The summed E-state index contributed by atoms with van der Waals surface area (Å²) in [4.78, 5) is 15.9. The molecule has 3 aromatic rings. The first-order chi connectivity index (χ1) is 14.9. The van der Waals surface area contributed by atoms with Crippen LogP contribution in [0.25, 0.3) is 22.4 Å². The van der Waals surface area contributed by atoms with E-state index in [4.69, 9.17) is 4.74 Å². The van der Waals surface area contributed by atoms with Crippen molar-refractivity contribution < 1.29 is 19.0 Å². The molecule has 5 nitrogen and oxygen atoms in total. The number of hydrogen-bond donors (Lipinski definition) is 1. The number of halogens is 1. The first kappa shape index (κ1) is 21.2. The third-order valence-corrected chi connectivity index (χ3v) is 5.74. The van der Waals surface area contributed by atoms with Crippen molar-refractivity contribution in [1.82, 2.24) is 9.55 Å². The van der Waals surface area contributed by atoms with Crippen molar-refractivity contribution in [2.24, 2.45) is 0 Å². The summed E-state index contributed by atoms with van der Waals surface area (Å²) < 4.78 is 21.3. The third-order valence-electron chi connectivity index (χ3n) is 5.74. The first-order valence-corrected chi connectivity index (χ1v) is 10.7. The summed E-state index contributed by atoms with van der Waals surface area (Å²) in [6.45, 7) is 4.90. The van der Waals surface area contributed by atoms with E-state index in [1.165, 1.54) is 12.1 Å². The number of nitrogens with zero attached hydrogens (tertiary/aromatic N) is 2. The molecule has 4 rings (SSSR count). The Kier molecular flexibility index (Phi) is 6.18. The summed E-state index contributed by atoms with van der Waals surface area (Å²) >= 11 is 0. The monoisotopic (exact) mass is 422 g/mol. The average molecular weight is 423 g/mol. The molecule has 1 fully saturated rings. The Hall–Kier alpha value is -2.99. The van der Waals surface area contributed by atoms with Gasteiger partial charge < -0.3 is 14.4 Å². The molecule has 3 heterocycles. The van der Waals surface area contributed by atoms with Crippen LogP contribution in [-0.2, 0) is 16.1 Å². The number of benzene rings is 1. The van der Waals surface area contributed by atoms with Gasteiger partial charge in [-0.25, -0.2) is 4.39 Å². The van der Waals surface area contributed by atoms with Gasteiger partial charge in [0.15, 0.2) is 0 Å². The highest BCUT2D eigenvalue weighted by Gasteiger charge is 2.28. The number of carbonyl (C=O) groups is 1. The summed E-state index contributed by atoms with van der Waals surface area (Å²) in [5.41, 5.74) is 5.15. The summed E-state index contributed by atoms with van der Waals surface area (Å²) in [6.07, 6.45) is 3.67. The van der Waals surface area contributed by atoms with Crippen molar-refractivity contribution in [2.75, 3.05) is 0 Å². The van der Waals surface area contributed by atoms with Gasteiger partial charge in [0.25, 0.3) is 0 Å². The molecule has 0 spiro atoms. The largest absolute Gasteiger partial charge is 0.462 e. The standard InChI is InChI=1S/C25H27FN2O3/c1-16(2)23-15-22(17-7-10-27-11-8-17)25(18-3-5-19(26)6-4-18)28(23)12-9-21-13-20(29)14-24(30)31-21/h3-8,10-11,15-16,20-21,29H,9,12-14H2,1-2H3/t20-,21-/m1/s1. The van der Waals surface area contributed by atoms with Gasteiger partial charge in [0.05, 0.1) is 18.2 Å². The minimum atomic E-state index is -0.649. The maximum absolute atomic E-state index is 13.6. The number of carbonyl (C=O) groups excluding carboxylic acids is 1. The number of aromatic nitrogens is 2. The van der Waals surface area contributed by atoms with E-state index in [-0.39, 0.29) is 30.2 Å². The summed E-state index contributed by atoms with van der Waals surface area (Å²) in [6, 6.07) is 12.6. The highest BCUT2D eigenvalue weighted by molar-refractivity contribution is 5.82. The van der Waals surface area contributed by atoms with Gasteiger partial charge in [0, 0.05) is 43.0 Å². The molecule has 1 aliphatic heterocycles. The van der Waals surface area contributed by atoms with E-state index < -0.39 is 6.10 Å². The van der Waals surface area contributed by atoms with E-state index in [2.05, 4.69) is 29.5 Å². The molecule has 2 aromatic heterocycles. The van der Waals surface area contributed by atoms with Crippen molar-refractivity contribution in [3.63, 3.8) is 0 Å². The Labute approximate surface area is 181 Å². The van der Waals surface area contributed by atoms with Crippen LogP contribution in [0.1, 0.15) is 44.7 Å². The van der Waals surface area contributed by atoms with Gasteiger partial charge >= 0.3 is 5.97 Å². The zero-order valence-corrected chi connectivity index (χ0v) is 17.8. The molecule has 1 aromatic carbocycles. The Balaban J connectivity index is 1.77. The number of ether oxygens (including phenoxy) is 1. The van der Waals surface area contributed by atoms with E-state index in [1.807, 2.05) is 12.1 Å². The molecular weight excluding hydrogens is 395 g/mol. The summed E-state index contributed by atoms with van der Waals surface area (Å²) in [5.74, 6) is -0.370. The van der Waals surface area contributed by atoms with E-state index in [9.17, 15) is 14.3 Å². The molecule has 0 bridgehead atoms. The van der Waals surface area contributed by atoms with Crippen LogP contribution < -0.4 is 0 Å². The number of pyridine rings is 1. The number of cyclic esters (lactones) is 1. The highest BCUT2D eigenvalue weighted by Crippen LogP contribution is 2.38. The lowest BCUT2D eigenvalue weighted by Gasteiger charge is -2.27. The van der Waals surface area contributed by atoms with Crippen LogP contribution in [0.2, 0.25) is 0 Å². The second-order valence-corrected chi connectivity index (χ2v) is 8.37. The van der Waals surface area contributed by atoms with Gasteiger partial charge in [-0.15, -0.1) is 0 Å². The second-order valence-electron chi connectivity index (χ2n) is 8.37. The van der Waals surface area contributed by atoms with Crippen LogP contribution in [-0.4, -0.2) is 32.8 Å². The Morgan fingerprint density at radius 2 is 1.87 bits per heavy atom. The van der Waals surface area contributed by atoms with E-state index >= 15 is 0 Å². The molecule has 162 valence electrons. The summed E-state index contributed by atoms with van der Waals surface area (Å²) in [5, 5.41) is 9.95. The van der Waals surface area contributed by atoms with Crippen molar-refractivity contribution in [3.05, 3.63) is 66.4 Å². The van der Waals surface area contributed by atoms with Crippen molar-refractivity contribution in [3.8, 4) is 22.4 Å². The Bertz CT molecular complexity index is 1040. The smallest absolute Gasteiger partial charge is 0.308 e. The molecule has 0 amide bonds. The molecule has 2 atom stereocenters. The number of rotatable bonds is 6. The van der Waals surface area contributed by atoms with Crippen LogP contribution in [0.15, 0.2) is 54.9 Å². The minimum absolute atomic E-state index is 0.0598. The van der Waals surface area contributed by atoms with Gasteiger partial charge in [-0.3, -0.25) is 9.78 Å². The maximum Gasteiger partial charge on any atom is 0.308 e. The fourth-order valence-electron chi connectivity index (χ4n) is 4.27. The molecule has 0 aliphatic carbocycles. The van der Waals surface area contributed by atoms with Gasteiger partial charge in [0.1, 0.15) is 11.9 Å². The van der Waals surface area contributed by atoms with Crippen molar-refractivity contribution >= 4 is 5.97 Å². The van der Waals surface area contributed by atoms with E-state index in [0.717, 1.165) is 28.1 Å². The summed E-state index contributed by atoms with van der Waals surface area (Å²) in [7, 11) is 0. The number of aliphatic hydroxyl groups excluding tert-OH is 1. The molecule has 1 saturated heterocycles. The predicted molar refractivity (Wildman–Crippen MR) is 117 cm³/mol. The fourth-order valence-corrected chi connectivity index (χ4v) is 4.27. The lowest BCUT2D eigenvalue weighted by molar-refractivity contribution is -0.160.